The highest BCUT2D eigenvalue weighted by molar-refractivity contribution is 6.40. The number of allylic oxidation sites excluding steroid dienone is 1. The molecule has 1 rings (SSSR count). The van der Waals surface area contributed by atoms with Crippen LogP contribution in [-0.2, 0) is 9.53 Å². The molecule has 0 saturated carbocycles. The summed E-state index contributed by atoms with van der Waals surface area (Å²) in [5, 5.41) is 19.9. The van der Waals surface area contributed by atoms with Gasteiger partial charge in [-0.1, -0.05) is 13.8 Å². The number of methoxy groups -OCH3 is 1. The van der Waals surface area contributed by atoms with Crippen molar-refractivity contribution in [3.05, 3.63) is 35.5 Å². The van der Waals surface area contributed by atoms with Gasteiger partial charge < -0.3 is 14.8 Å². The quantitative estimate of drug-likeness (QED) is 0.595. The molecule has 1 aromatic carbocycles. The Balaban J connectivity index is 3.12. The molecule has 0 spiro atoms. The number of carbonyl (C=O) groups is 1. The van der Waals surface area contributed by atoms with E-state index >= 15 is 0 Å². The molecule has 0 aliphatic rings. The molecule has 0 aliphatic carbocycles. The third-order valence-electron chi connectivity index (χ3n) is 3.02. The van der Waals surface area contributed by atoms with E-state index in [1.165, 1.54) is 13.2 Å². The molecule has 0 aromatic heterocycles. The first-order chi connectivity index (χ1) is 10.9. The van der Waals surface area contributed by atoms with E-state index in [9.17, 15) is 4.79 Å². The zero-order valence-corrected chi connectivity index (χ0v) is 13.8. The summed E-state index contributed by atoms with van der Waals surface area (Å²) in [6.07, 6.45) is 1.43. The molecule has 0 atom stereocenters. The number of nitrogens with one attached hydrogen (secondary N) is 2. The fourth-order valence-electron chi connectivity index (χ4n) is 1.80. The summed E-state index contributed by atoms with van der Waals surface area (Å²) >= 11 is 0. The number of esters is 1. The molecule has 0 unspecified atom stereocenters. The highest BCUT2D eigenvalue weighted by Gasteiger charge is 2.13. The van der Waals surface area contributed by atoms with Gasteiger partial charge in [-0.15, -0.1) is 0 Å². The Morgan fingerprint density at radius 2 is 2.17 bits per heavy atom. The molecule has 0 amide bonds. The molecule has 0 bridgehead atoms. The Kier molecular flexibility index (Phi) is 6.81. The van der Waals surface area contributed by atoms with Gasteiger partial charge in [0.15, 0.2) is 0 Å². The van der Waals surface area contributed by atoms with Crippen molar-refractivity contribution in [1.82, 2.24) is 0 Å². The van der Waals surface area contributed by atoms with Crippen molar-refractivity contribution in [2.45, 2.75) is 20.8 Å². The van der Waals surface area contributed by atoms with E-state index in [1.54, 1.807) is 25.1 Å². The molecule has 0 saturated heterocycles. The molecular weight excluding hydrogens is 294 g/mol. The summed E-state index contributed by atoms with van der Waals surface area (Å²) in [6.45, 7) is 5.77. The lowest BCUT2D eigenvalue weighted by Crippen LogP contribution is -2.17. The summed E-state index contributed by atoms with van der Waals surface area (Å²) in [7, 11) is 1.53. The van der Waals surface area contributed by atoms with Crippen molar-refractivity contribution in [3.8, 4) is 11.8 Å². The van der Waals surface area contributed by atoms with Crippen molar-refractivity contribution >= 4 is 17.4 Å². The van der Waals surface area contributed by atoms with Gasteiger partial charge in [0.25, 0.3) is 0 Å². The highest BCUT2D eigenvalue weighted by atomic mass is 16.5. The molecule has 6 heteroatoms. The first-order valence-electron chi connectivity index (χ1n) is 7.25. The lowest BCUT2D eigenvalue weighted by Gasteiger charge is -2.17. The summed E-state index contributed by atoms with van der Waals surface area (Å²) in [6, 6.07) is 7.07. The van der Waals surface area contributed by atoms with Gasteiger partial charge in [-0.25, -0.2) is 4.79 Å². The number of ether oxygens (including phenoxy) is 2. The average molecular weight is 315 g/mol. The molecule has 6 nitrogen and oxygen atoms in total. The van der Waals surface area contributed by atoms with E-state index < -0.39 is 5.97 Å². The van der Waals surface area contributed by atoms with E-state index in [1.807, 2.05) is 13.8 Å². The lowest BCUT2D eigenvalue weighted by molar-refractivity contribution is -0.135. The fraction of sp³-hybridized carbons (Fsp3) is 0.353. The van der Waals surface area contributed by atoms with Crippen LogP contribution in [0.25, 0.3) is 0 Å². The van der Waals surface area contributed by atoms with Crippen LogP contribution in [0.1, 0.15) is 26.3 Å². The number of nitriles is 1. The van der Waals surface area contributed by atoms with Gasteiger partial charge in [0.05, 0.1) is 31.0 Å². The van der Waals surface area contributed by atoms with Crippen LogP contribution in [0, 0.1) is 22.7 Å². The van der Waals surface area contributed by atoms with Gasteiger partial charge >= 0.3 is 5.97 Å². The lowest BCUT2D eigenvalue weighted by atomic mass is 10.1. The van der Waals surface area contributed by atoms with Crippen LogP contribution >= 0.6 is 0 Å². The standard InChI is InChI=1S/C17H21N3O3/c1-5-23-17(21)13(19)9-14(11(2)3)20-15-8-12(10-18)6-7-16(15)22-4/h6-9,11,19-20H,5H2,1-4H3/b14-9-,19-13?. The van der Waals surface area contributed by atoms with Crippen LogP contribution in [0.2, 0.25) is 0 Å². The predicted molar refractivity (Wildman–Crippen MR) is 88.6 cm³/mol. The summed E-state index contributed by atoms with van der Waals surface area (Å²) in [4.78, 5) is 11.6. The van der Waals surface area contributed by atoms with Gasteiger partial charge in [0.1, 0.15) is 11.5 Å². The molecule has 1 aromatic rings. The van der Waals surface area contributed by atoms with Gasteiger partial charge in [-0.2, -0.15) is 5.26 Å². The molecule has 0 aliphatic heterocycles. The summed E-state index contributed by atoms with van der Waals surface area (Å²) in [5.41, 5.74) is 1.50. The van der Waals surface area contributed by atoms with Crippen LogP contribution in [0.15, 0.2) is 30.0 Å². The number of rotatable bonds is 7. The van der Waals surface area contributed by atoms with Crippen LogP contribution < -0.4 is 10.1 Å². The van der Waals surface area contributed by atoms with Crippen molar-refractivity contribution < 1.29 is 14.3 Å². The number of hydrogen-bond acceptors (Lipinski definition) is 6. The van der Waals surface area contributed by atoms with E-state index in [-0.39, 0.29) is 18.2 Å². The van der Waals surface area contributed by atoms with Crippen LogP contribution in [0.5, 0.6) is 5.75 Å². The van der Waals surface area contributed by atoms with E-state index in [0.717, 1.165) is 0 Å². The van der Waals surface area contributed by atoms with E-state index in [2.05, 4.69) is 11.4 Å². The minimum atomic E-state index is -0.676. The second kappa shape index (κ2) is 8.59. The van der Waals surface area contributed by atoms with E-state index in [0.29, 0.717) is 22.7 Å². The average Bonchev–Trinajstić information content (AvgIpc) is 2.53. The number of carbonyl (C=O) groups excluding carboxylic acids is 1. The summed E-state index contributed by atoms with van der Waals surface area (Å²) in [5.74, 6) is -0.0800. The van der Waals surface area contributed by atoms with Crippen LogP contribution in [-0.4, -0.2) is 25.4 Å². The maximum atomic E-state index is 11.6. The molecule has 0 heterocycles. The zero-order chi connectivity index (χ0) is 17.4. The molecule has 0 radical (unpaired) electrons. The molecule has 122 valence electrons. The summed E-state index contributed by atoms with van der Waals surface area (Å²) < 4.78 is 10.1. The van der Waals surface area contributed by atoms with Gasteiger partial charge in [-0.05, 0) is 37.1 Å². The number of nitrogens with zero attached hydrogens (tertiary/aromatic N) is 1. The van der Waals surface area contributed by atoms with Crippen molar-refractivity contribution in [2.75, 3.05) is 19.0 Å². The highest BCUT2D eigenvalue weighted by Crippen LogP contribution is 2.28. The Labute approximate surface area is 136 Å². The van der Waals surface area contributed by atoms with E-state index in [4.69, 9.17) is 20.1 Å². The van der Waals surface area contributed by atoms with Crippen LogP contribution in [0.3, 0.4) is 0 Å². The first kappa shape index (κ1) is 18.2. The topological polar surface area (TPSA) is 95.2 Å². The number of benzene rings is 1. The van der Waals surface area contributed by atoms with Crippen molar-refractivity contribution in [2.24, 2.45) is 5.92 Å². The first-order valence-corrected chi connectivity index (χ1v) is 7.25. The molecule has 23 heavy (non-hydrogen) atoms. The molecule has 0 fully saturated rings. The number of anilines is 1. The maximum absolute atomic E-state index is 11.6. The third kappa shape index (κ3) is 5.15. The second-order valence-corrected chi connectivity index (χ2v) is 5.04. The smallest absolute Gasteiger partial charge is 0.356 e. The van der Waals surface area contributed by atoms with Crippen molar-refractivity contribution in [1.29, 1.82) is 10.7 Å². The Bertz CT molecular complexity index is 658. The Hall–Kier alpha value is -2.81. The SMILES string of the molecule is CCOC(=O)C(=N)/C=C(\Nc1cc(C#N)ccc1OC)C(C)C. The fourth-order valence-corrected chi connectivity index (χ4v) is 1.80. The zero-order valence-electron chi connectivity index (χ0n) is 13.8. The minimum absolute atomic E-state index is 0.0280. The van der Waals surface area contributed by atoms with Gasteiger partial charge in [0, 0.05) is 5.70 Å². The van der Waals surface area contributed by atoms with Crippen molar-refractivity contribution in [3.63, 3.8) is 0 Å². The van der Waals surface area contributed by atoms with Crippen LogP contribution in [0.4, 0.5) is 5.69 Å². The second-order valence-electron chi connectivity index (χ2n) is 5.04. The van der Waals surface area contributed by atoms with Gasteiger partial charge in [0.2, 0.25) is 0 Å². The van der Waals surface area contributed by atoms with Gasteiger partial charge in [-0.3, -0.25) is 5.41 Å². The normalized spacial score (nSPS) is 10.9. The Morgan fingerprint density at radius 1 is 1.48 bits per heavy atom. The molecular formula is C17H21N3O3. The molecule has 2 N–H and O–H groups in total. The maximum Gasteiger partial charge on any atom is 0.356 e. The minimum Gasteiger partial charge on any atom is -0.495 e. The Morgan fingerprint density at radius 3 is 2.70 bits per heavy atom. The number of hydrogen-bond donors (Lipinski definition) is 2. The predicted octanol–water partition coefficient (Wildman–Crippen LogP) is 3.10. The monoisotopic (exact) mass is 315 g/mol. The third-order valence-corrected chi connectivity index (χ3v) is 3.02. The largest absolute Gasteiger partial charge is 0.495 e.